The van der Waals surface area contributed by atoms with Gasteiger partial charge in [0.05, 0.1) is 0 Å². The van der Waals surface area contributed by atoms with Crippen LogP contribution in [-0.4, -0.2) is 25.5 Å². The van der Waals surface area contributed by atoms with Crippen molar-refractivity contribution >= 4 is 0 Å². The van der Waals surface area contributed by atoms with Gasteiger partial charge in [-0.15, -0.1) is 0 Å². The van der Waals surface area contributed by atoms with E-state index in [9.17, 15) is 0 Å². The standard InChI is InChI=1S/C20H27NO3/c1-3-24-20(2,21)14-13-17-9-11-19(12-10-17)23-16-15-22-18-7-5-4-6-8-18/h4-12H,3,13-16,21H2,1-2H3. The lowest BCUT2D eigenvalue weighted by Gasteiger charge is -2.24. The van der Waals surface area contributed by atoms with Crippen molar-refractivity contribution in [2.24, 2.45) is 5.73 Å². The molecule has 0 spiro atoms. The summed E-state index contributed by atoms with van der Waals surface area (Å²) >= 11 is 0. The van der Waals surface area contributed by atoms with Gasteiger partial charge in [-0.2, -0.15) is 0 Å². The number of rotatable bonds is 10. The lowest BCUT2D eigenvalue weighted by molar-refractivity contribution is -0.0257. The minimum Gasteiger partial charge on any atom is -0.490 e. The van der Waals surface area contributed by atoms with Crippen molar-refractivity contribution in [2.45, 2.75) is 32.4 Å². The molecule has 0 aromatic heterocycles. The zero-order valence-corrected chi connectivity index (χ0v) is 14.5. The van der Waals surface area contributed by atoms with Crippen LogP contribution < -0.4 is 15.2 Å². The molecule has 130 valence electrons. The van der Waals surface area contributed by atoms with E-state index < -0.39 is 5.72 Å². The molecule has 0 bridgehead atoms. The molecule has 0 aliphatic heterocycles. The first-order valence-corrected chi connectivity index (χ1v) is 8.41. The summed E-state index contributed by atoms with van der Waals surface area (Å²) < 4.78 is 16.8. The Morgan fingerprint density at radius 2 is 1.46 bits per heavy atom. The van der Waals surface area contributed by atoms with Crippen LogP contribution in [0.3, 0.4) is 0 Å². The molecule has 2 rings (SSSR count). The highest BCUT2D eigenvalue weighted by Crippen LogP contribution is 2.17. The fourth-order valence-electron chi connectivity index (χ4n) is 2.38. The van der Waals surface area contributed by atoms with Gasteiger partial charge in [-0.25, -0.2) is 0 Å². The summed E-state index contributed by atoms with van der Waals surface area (Å²) in [5.74, 6) is 1.70. The molecule has 0 saturated heterocycles. The molecule has 4 heteroatoms. The number of hydrogen-bond donors (Lipinski definition) is 1. The highest BCUT2D eigenvalue weighted by molar-refractivity contribution is 5.27. The van der Waals surface area contributed by atoms with Crippen LogP contribution >= 0.6 is 0 Å². The molecule has 0 aliphatic rings. The third-order valence-electron chi connectivity index (χ3n) is 3.67. The number of benzene rings is 2. The van der Waals surface area contributed by atoms with Gasteiger partial charge in [0, 0.05) is 6.61 Å². The third-order valence-corrected chi connectivity index (χ3v) is 3.67. The predicted molar refractivity (Wildman–Crippen MR) is 96.4 cm³/mol. The van der Waals surface area contributed by atoms with Crippen LogP contribution in [0.4, 0.5) is 0 Å². The smallest absolute Gasteiger partial charge is 0.122 e. The van der Waals surface area contributed by atoms with E-state index in [2.05, 4.69) is 12.1 Å². The minimum absolute atomic E-state index is 0.513. The van der Waals surface area contributed by atoms with Crippen molar-refractivity contribution in [2.75, 3.05) is 19.8 Å². The zero-order chi connectivity index (χ0) is 17.3. The van der Waals surface area contributed by atoms with Crippen LogP contribution in [0.1, 0.15) is 25.8 Å². The number of hydrogen-bond acceptors (Lipinski definition) is 4. The summed E-state index contributed by atoms with van der Waals surface area (Å²) in [5, 5.41) is 0. The zero-order valence-electron chi connectivity index (χ0n) is 14.5. The largest absolute Gasteiger partial charge is 0.490 e. The first kappa shape index (κ1) is 18.3. The first-order chi connectivity index (χ1) is 11.6. The van der Waals surface area contributed by atoms with Gasteiger partial charge in [-0.3, -0.25) is 0 Å². The van der Waals surface area contributed by atoms with Crippen molar-refractivity contribution in [1.82, 2.24) is 0 Å². The second-order valence-electron chi connectivity index (χ2n) is 5.90. The maximum Gasteiger partial charge on any atom is 0.122 e. The minimum atomic E-state index is -0.571. The molecule has 1 atom stereocenters. The summed E-state index contributed by atoms with van der Waals surface area (Å²) in [6, 6.07) is 17.8. The van der Waals surface area contributed by atoms with Crippen LogP contribution in [-0.2, 0) is 11.2 Å². The van der Waals surface area contributed by atoms with Gasteiger partial charge >= 0.3 is 0 Å². The SMILES string of the molecule is CCOC(C)(N)CCc1ccc(OCCOc2ccccc2)cc1. The second kappa shape index (κ2) is 9.30. The summed E-state index contributed by atoms with van der Waals surface area (Å²) in [6.45, 7) is 5.54. The van der Waals surface area contributed by atoms with Gasteiger partial charge in [0.2, 0.25) is 0 Å². The molecule has 1 unspecified atom stereocenters. The Balaban J connectivity index is 1.70. The van der Waals surface area contributed by atoms with Crippen LogP contribution in [0.15, 0.2) is 54.6 Å². The third kappa shape index (κ3) is 6.60. The van der Waals surface area contributed by atoms with Crippen LogP contribution in [0.2, 0.25) is 0 Å². The number of ether oxygens (including phenoxy) is 3. The molecule has 2 N–H and O–H groups in total. The Kier molecular flexibility index (Phi) is 7.09. The lowest BCUT2D eigenvalue weighted by atomic mass is 10.0. The monoisotopic (exact) mass is 329 g/mol. The Morgan fingerprint density at radius 1 is 0.875 bits per heavy atom. The summed E-state index contributed by atoms with van der Waals surface area (Å²) in [4.78, 5) is 0. The fraction of sp³-hybridized carbons (Fsp3) is 0.400. The Hall–Kier alpha value is -2.04. The maximum absolute atomic E-state index is 6.07. The maximum atomic E-state index is 6.07. The van der Waals surface area contributed by atoms with E-state index in [-0.39, 0.29) is 0 Å². The molecular weight excluding hydrogens is 302 g/mol. The Bertz CT molecular complexity index is 582. The normalized spacial score (nSPS) is 13.3. The molecule has 0 heterocycles. The number of para-hydroxylation sites is 1. The highest BCUT2D eigenvalue weighted by Gasteiger charge is 2.17. The van der Waals surface area contributed by atoms with Gasteiger partial charge in [0.25, 0.3) is 0 Å². The van der Waals surface area contributed by atoms with Gasteiger partial charge in [0.1, 0.15) is 30.4 Å². The molecule has 0 radical (unpaired) electrons. The molecule has 0 aliphatic carbocycles. The van der Waals surface area contributed by atoms with Crippen molar-refractivity contribution in [1.29, 1.82) is 0 Å². The van der Waals surface area contributed by atoms with Crippen LogP contribution in [0.25, 0.3) is 0 Å². The van der Waals surface area contributed by atoms with E-state index in [1.807, 2.05) is 56.3 Å². The topological polar surface area (TPSA) is 53.7 Å². The predicted octanol–water partition coefficient (Wildman–Crippen LogP) is 3.79. The molecule has 2 aromatic rings. The molecule has 2 aromatic carbocycles. The Labute approximate surface area is 144 Å². The average Bonchev–Trinajstić information content (AvgIpc) is 2.59. The molecule has 24 heavy (non-hydrogen) atoms. The van der Waals surface area contributed by atoms with Gasteiger partial charge < -0.3 is 19.9 Å². The second-order valence-corrected chi connectivity index (χ2v) is 5.90. The Morgan fingerprint density at radius 3 is 2.04 bits per heavy atom. The summed E-state index contributed by atoms with van der Waals surface area (Å²) in [6.07, 6.45) is 1.66. The van der Waals surface area contributed by atoms with Gasteiger partial charge in [-0.05, 0) is 56.5 Å². The van der Waals surface area contributed by atoms with Crippen LogP contribution in [0.5, 0.6) is 11.5 Å². The van der Waals surface area contributed by atoms with E-state index in [4.69, 9.17) is 19.9 Å². The van der Waals surface area contributed by atoms with E-state index in [0.29, 0.717) is 19.8 Å². The first-order valence-electron chi connectivity index (χ1n) is 8.41. The lowest BCUT2D eigenvalue weighted by Crippen LogP contribution is -2.39. The molecule has 0 amide bonds. The molecular formula is C20H27NO3. The van der Waals surface area contributed by atoms with E-state index in [1.165, 1.54) is 5.56 Å². The van der Waals surface area contributed by atoms with Crippen molar-refractivity contribution in [3.8, 4) is 11.5 Å². The molecule has 0 saturated carbocycles. The van der Waals surface area contributed by atoms with Crippen LogP contribution in [0, 0.1) is 0 Å². The molecule has 4 nitrogen and oxygen atoms in total. The quantitative estimate of drug-likeness (QED) is 0.532. The van der Waals surface area contributed by atoms with Gasteiger partial charge in [-0.1, -0.05) is 30.3 Å². The van der Waals surface area contributed by atoms with E-state index in [0.717, 1.165) is 24.3 Å². The average molecular weight is 329 g/mol. The van der Waals surface area contributed by atoms with E-state index >= 15 is 0 Å². The number of aryl methyl sites for hydroxylation is 1. The fourth-order valence-corrected chi connectivity index (χ4v) is 2.38. The molecule has 0 fully saturated rings. The number of nitrogens with two attached hydrogens (primary N) is 1. The summed E-state index contributed by atoms with van der Waals surface area (Å²) in [7, 11) is 0. The van der Waals surface area contributed by atoms with Crippen molar-refractivity contribution in [3.05, 3.63) is 60.2 Å². The van der Waals surface area contributed by atoms with E-state index in [1.54, 1.807) is 0 Å². The van der Waals surface area contributed by atoms with Gasteiger partial charge in [0.15, 0.2) is 0 Å². The van der Waals surface area contributed by atoms with Crippen molar-refractivity contribution < 1.29 is 14.2 Å². The highest BCUT2D eigenvalue weighted by atomic mass is 16.5. The van der Waals surface area contributed by atoms with Crippen molar-refractivity contribution in [3.63, 3.8) is 0 Å². The summed E-state index contributed by atoms with van der Waals surface area (Å²) in [5.41, 5.74) is 6.72.